The number of aromatic nitrogens is 3. The fraction of sp³-hybridized carbons (Fsp3) is 0.375. The maximum absolute atomic E-state index is 13.0. The van der Waals surface area contributed by atoms with Crippen LogP contribution < -0.4 is 16.0 Å². The van der Waals surface area contributed by atoms with Gasteiger partial charge in [0.25, 0.3) is 5.91 Å². The van der Waals surface area contributed by atoms with Crippen molar-refractivity contribution in [2.45, 2.75) is 51.6 Å². The van der Waals surface area contributed by atoms with Crippen molar-refractivity contribution in [3.63, 3.8) is 0 Å². The van der Waals surface area contributed by atoms with E-state index in [2.05, 4.69) is 30.9 Å². The average Bonchev–Trinajstić information content (AvgIpc) is 3.52. The summed E-state index contributed by atoms with van der Waals surface area (Å²) in [7, 11) is 0. The van der Waals surface area contributed by atoms with Crippen molar-refractivity contribution in [1.29, 1.82) is 0 Å². The first-order valence-corrected chi connectivity index (χ1v) is 12.5. The quantitative estimate of drug-likeness (QED) is 0.390. The Morgan fingerprint density at radius 3 is 2.71 bits per heavy atom. The number of carbonyl (C=O) groups excluding carboxylic acids is 2. The second kappa shape index (κ2) is 11.4. The second-order valence-corrected chi connectivity index (χ2v) is 10.0. The minimum absolute atomic E-state index is 0.251. The molecule has 1 saturated carbocycles. The number of halogens is 1. The molecule has 178 valence electrons. The minimum atomic E-state index is -0.625. The molecular formula is C24H27ClN6O2S. The molecule has 34 heavy (non-hydrogen) atoms. The molecule has 0 aliphatic heterocycles. The molecule has 8 nitrogen and oxygen atoms in total. The summed E-state index contributed by atoms with van der Waals surface area (Å²) in [6, 6.07) is 4.90. The van der Waals surface area contributed by atoms with Gasteiger partial charge in [0.05, 0.1) is 39.4 Å². The molecule has 1 atom stereocenters. The topological polar surface area (TPSA) is 109 Å². The number of hydrogen-bond donors (Lipinski definition) is 3. The summed E-state index contributed by atoms with van der Waals surface area (Å²) >= 11 is 7.43. The highest BCUT2D eigenvalue weighted by molar-refractivity contribution is 7.14. The summed E-state index contributed by atoms with van der Waals surface area (Å²) in [5, 5.41) is 9.65. The maximum Gasteiger partial charge on any atom is 0.262 e. The normalized spacial score (nSPS) is 14.5. The number of carbonyl (C=O) groups is 2. The van der Waals surface area contributed by atoms with Gasteiger partial charge in [-0.2, -0.15) is 0 Å². The standard InChI is InChI=1S/C24H27ClN6O2S/c1-15-20(9-17(25)10-28-15)29-13-19-6-7-22(34-19)24(33)31-21(8-16-4-2-3-5-16)23(32)30-18-11-26-14-27-12-18/h6-7,9-12,14,16,21,29H,2-5,8,13H2,1H3,(H,30,32)(H,31,33)/t21-/m0/s1. The number of nitrogens with zero attached hydrogens (tertiary/aromatic N) is 3. The molecule has 10 heteroatoms. The summed E-state index contributed by atoms with van der Waals surface area (Å²) in [4.78, 5) is 39.7. The van der Waals surface area contributed by atoms with Gasteiger partial charge < -0.3 is 16.0 Å². The number of rotatable bonds is 9. The van der Waals surface area contributed by atoms with E-state index in [0.717, 1.165) is 29.1 Å². The van der Waals surface area contributed by atoms with Gasteiger partial charge in [0.2, 0.25) is 5.91 Å². The van der Waals surface area contributed by atoms with E-state index in [1.807, 2.05) is 19.1 Å². The lowest BCUT2D eigenvalue weighted by Gasteiger charge is -2.21. The van der Waals surface area contributed by atoms with Crippen molar-refractivity contribution in [3.05, 3.63) is 63.6 Å². The van der Waals surface area contributed by atoms with Crippen LogP contribution in [-0.2, 0) is 11.3 Å². The van der Waals surface area contributed by atoms with Gasteiger partial charge in [0.1, 0.15) is 12.4 Å². The molecule has 0 bridgehead atoms. The zero-order chi connectivity index (χ0) is 23.9. The van der Waals surface area contributed by atoms with Crippen LogP contribution in [0, 0.1) is 12.8 Å². The first-order chi connectivity index (χ1) is 16.5. The molecular weight excluding hydrogens is 472 g/mol. The van der Waals surface area contributed by atoms with Crippen LogP contribution in [0.25, 0.3) is 0 Å². The summed E-state index contributed by atoms with van der Waals surface area (Å²) < 4.78 is 0. The summed E-state index contributed by atoms with van der Waals surface area (Å²) in [5.41, 5.74) is 2.21. The van der Waals surface area contributed by atoms with Crippen LogP contribution in [0.1, 0.15) is 52.3 Å². The third-order valence-electron chi connectivity index (χ3n) is 5.89. The maximum atomic E-state index is 13.0. The Morgan fingerprint density at radius 1 is 1.18 bits per heavy atom. The van der Waals surface area contributed by atoms with E-state index in [-0.39, 0.29) is 11.8 Å². The molecule has 3 N–H and O–H groups in total. The summed E-state index contributed by atoms with van der Waals surface area (Å²) in [6.07, 6.45) is 11.2. The molecule has 0 unspecified atom stereocenters. The Hall–Kier alpha value is -3.04. The van der Waals surface area contributed by atoms with Crippen LogP contribution in [0.3, 0.4) is 0 Å². The SMILES string of the molecule is Cc1ncc(Cl)cc1NCc1ccc(C(=O)N[C@@H](CC2CCCC2)C(=O)Nc2cncnc2)s1. The third kappa shape index (κ3) is 6.51. The number of nitrogens with one attached hydrogen (secondary N) is 3. The monoisotopic (exact) mass is 498 g/mol. The largest absolute Gasteiger partial charge is 0.379 e. The van der Waals surface area contributed by atoms with Crippen molar-refractivity contribution in [2.75, 3.05) is 10.6 Å². The first kappa shape index (κ1) is 24.1. The molecule has 3 aromatic heterocycles. The molecule has 0 aromatic carbocycles. The van der Waals surface area contributed by atoms with E-state index >= 15 is 0 Å². The van der Waals surface area contributed by atoms with Crippen molar-refractivity contribution < 1.29 is 9.59 Å². The molecule has 4 rings (SSSR count). The predicted molar refractivity (Wildman–Crippen MR) is 134 cm³/mol. The minimum Gasteiger partial charge on any atom is -0.379 e. The van der Waals surface area contributed by atoms with E-state index in [1.165, 1.54) is 42.9 Å². The van der Waals surface area contributed by atoms with E-state index in [4.69, 9.17) is 11.6 Å². The third-order valence-corrected chi connectivity index (χ3v) is 7.18. The van der Waals surface area contributed by atoms with E-state index in [1.54, 1.807) is 12.3 Å². The Bertz CT molecular complexity index is 1130. The molecule has 3 heterocycles. The van der Waals surface area contributed by atoms with Crippen LogP contribution in [0.4, 0.5) is 11.4 Å². The molecule has 1 aliphatic rings. The van der Waals surface area contributed by atoms with Crippen molar-refractivity contribution >= 4 is 46.1 Å². The molecule has 0 saturated heterocycles. The molecule has 0 spiro atoms. The number of hydrogen-bond acceptors (Lipinski definition) is 7. The lowest BCUT2D eigenvalue weighted by molar-refractivity contribution is -0.118. The van der Waals surface area contributed by atoms with E-state index in [0.29, 0.717) is 34.5 Å². The predicted octanol–water partition coefficient (Wildman–Crippen LogP) is 4.82. The van der Waals surface area contributed by atoms with Gasteiger partial charge in [-0.3, -0.25) is 14.6 Å². The van der Waals surface area contributed by atoms with Gasteiger partial charge in [-0.15, -0.1) is 11.3 Å². The Balaban J connectivity index is 1.39. The molecule has 1 aliphatic carbocycles. The summed E-state index contributed by atoms with van der Waals surface area (Å²) in [6.45, 7) is 2.45. The molecule has 2 amide bonds. The molecule has 0 radical (unpaired) electrons. The number of anilines is 2. The Labute approximate surface area is 207 Å². The van der Waals surface area contributed by atoms with Gasteiger partial charge in [-0.25, -0.2) is 9.97 Å². The average molecular weight is 499 g/mol. The fourth-order valence-corrected chi connectivity index (χ4v) is 5.11. The highest BCUT2D eigenvalue weighted by Gasteiger charge is 2.27. The first-order valence-electron chi connectivity index (χ1n) is 11.3. The van der Waals surface area contributed by atoms with Gasteiger partial charge in [0, 0.05) is 17.6 Å². The Kier molecular flexibility index (Phi) is 8.08. The zero-order valence-electron chi connectivity index (χ0n) is 18.9. The van der Waals surface area contributed by atoms with Crippen LogP contribution in [0.2, 0.25) is 5.02 Å². The number of pyridine rings is 1. The van der Waals surface area contributed by atoms with E-state index < -0.39 is 6.04 Å². The smallest absolute Gasteiger partial charge is 0.262 e. The van der Waals surface area contributed by atoms with Crippen LogP contribution in [0.15, 0.2) is 43.1 Å². The van der Waals surface area contributed by atoms with Crippen LogP contribution in [-0.4, -0.2) is 32.8 Å². The van der Waals surface area contributed by atoms with E-state index in [9.17, 15) is 9.59 Å². The van der Waals surface area contributed by atoms with Gasteiger partial charge in [-0.1, -0.05) is 37.3 Å². The lowest BCUT2D eigenvalue weighted by Crippen LogP contribution is -2.44. The van der Waals surface area contributed by atoms with Crippen molar-refractivity contribution in [2.24, 2.45) is 5.92 Å². The summed E-state index contributed by atoms with van der Waals surface area (Å²) in [5.74, 6) is -0.0718. The van der Waals surface area contributed by atoms with Crippen molar-refractivity contribution in [1.82, 2.24) is 20.3 Å². The Morgan fingerprint density at radius 2 is 1.94 bits per heavy atom. The van der Waals surface area contributed by atoms with Crippen LogP contribution in [0.5, 0.6) is 0 Å². The number of amides is 2. The highest BCUT2D eigenvalue weighted by atomic mass is 35.5. The highest BCUT2D eigenvalue weighted by Crippen LogP contribution is 2.29. The number of thiophene rings is 1. The lowest BCUT2D eigenvalue weighted by atomic mass is 9.97. The van der Waals surface area contributed by atoms with Gasteiger partial charge in [0.15, 0.2) is 0 Å². The van der Waals surface area contributed by atoms with Crippen LogP contribution >= 0.6 is 22.9 Å². The van der Waals surface area contributed by atoms with Gasteiger partial charge >= 0.3 is 0 Å². The zero-order valence-corrected chi connectivity index (χ0v) is 20.5. The fourth-order valence-electron chi connectivity index (χ4n) is 4.10. The molecule has 1 fully saturated rings. The van der Waals surface area contributed by atoms with Gasteiger partial charge in [-0.05, 0) is 37.5 Å². The number of aryl methyl sites for hydroxylation is 1. The molecule has 3 aromatic rings. The van der Waals surface area contributed by atoms with Crippen molar-refractivity contribution in [3.8, 4) is 0 Å². The second-order valence-electron chi connectivity index (χ2n) is 8.43.